The highest BCUT2D eigenvalue weighted by Gasteiger charge is 2.42. The number of carboxylic acids is 1. The third-order valence-corrected chi connectivity index (χ3v) is 5.67. The number of carboxylic acid groups (broad SMARTS) is 1. The molecule has 0 aliphatic carbocycles. The van der Waals surface area contributed by atoms with Crippen LogP contribution in [-0.4, -0.2) is 48.8 Å². The van der Waals surface area contributed by atoms with Crippen LogP contribution < -0.4 is 5.73 Å². The third kappa shape index (κ3) is 7.36. The Kier molecular flexibility index (Phi) is 10.4. The Morgan fingerprint density at radius 2 is 2.03 bits per heavy atom. The maximum atomic E-state index is 13.6. The molecule has 0 aromatic carbocycles. The topological polar surface area (TPSA) is 142 Å². The summed E-state index contributed by atoms with van der Waals surface area (Å²) in [5.41, 5.74) is 5.19. The van der Waals surface area contributed by atoms with Crippen LogP contribution in [0.4, 0.5) is 10.2 Å². The molecule has 35 heavy (non-hydrogen) atoms. The molecular formula is C24H34FN5O5. The molecule has 2 unspecified atom stereocenters. The summed E-state index contributed by atoms with van der Waals surface area (Å²) in [5.74, 6) is 1.51. The summed E-state index contributed by atoms with van der Waals surface area (Å²) in [6.45, 7) is 5.89. The average Bonchev–Trinajstić information content (AvgIpc) is 3.42. The number of nitrogens with two attached hydrogens (primary N) is 1. The minimum atomic E-state index is -1.04. The molecule has 1 fully saturated rings. The number of terminal acetylenes is 1. The van der Waals surface area contributed by atoms with Crippen LogP contribution in [0, 0.1) is 24.3 Å². The lowest BCUT2D eigenvalue weighted by atomic mass is 9.98. The van der Waals surface area contributed by atoms with Gasteiger partial charge in [0.1, 0.15) is 12.8 Å². The van der Waals surface area contributed by atoms with Gasteiger partial charge in [0.25, 0.3) is 0 Å². The number of hydrogen-bond acceptors (Lipinski definition) is 8. The second kappa shape index (κ2) is 13.0. The predicted octanol–water partition coefficient (Wildman–Crippen LogP) is 3.86. The van der Waals surface area contributed by atoms with Crippen molar-refractivity contribution in [2.45, 2.75) is 84.0 Å². The zero-order valence-electron chi connectivity index (χ0n) is 20.5. The van der Waals surface area contributed by atoms with Gasteiger partial charge in [0.2, 0.25) is 0 Å². The summed E-state index contributed by atoms with van der Waals surface area (Å²) < 4.78 is 26.8. The van der Waals surface area contributed by atoms with Crippen molar-refractivity contribution in [1.29, 1.82) is 0 Å². The smallest absolute Gasteiger partial charge is 0.312 e. The van der Waals surface area contributed by atoms with Crippen molar-refractivity contribution in [2.75, 3.05) is 12.3 Å². The third-order valence-electron chi connectivity index (χ3n) is 5.67. The molecule has 11 heteroatoms. The largest absolute Gasteiger partial charge is 0.481 e. The Morgan fingerprint density at radius 1 is 1.34 bits per heavy atom. The standard InChI is InChI=1S/C20H26FN5O3.C4H8O2/c1-4-7-13(8-5-2)18(27)28-11-20(6-3)10-9-14(29-20)26-12-23-15-16(22)24-19(21)25-17(15)26;1-2-3-4(5)6/h3,12-14H,4-5,7-11H2,1-2H3,(H2,22,24,25);2-3H2,1H3,(H,5,6). The second-order valence-electron chi connectivity index (χ2n) is 8.48. The van der Waals surface area contributed by atoms with E-state index in [-0.39, 0.29) is 30.0 Å². The van der Waals surface area contributed by atoms with Gasteiger partial charge in [-0.05, 0) is 32.1 Å². The van der Waals surface area contributed by atoms with Crippen LogP contribution in [0.15, 0.2) is 6.33 Å². The van der Waals surface area contributed by atoms with Crippen LogP contribution in [0.3, 0.4) is 0 Å². The van der Waals surface area contributed by atoms with Crippen molar-refractivity contribution in [3.63, 3.8) is 0 Å². The molecule has 2 aromatic rings. The first-order valence-electron chi connectivity index (χ1n) is 11.9. The van der Waals surface area contributed by atoms with E-state index in [0.717, 1.165) is 32.1 Å². The van der Waals surface area contributed by atoms with Crippen LogP contribution in [-0.2, 0) is 19.1 Å². The average molecular weight is 492 g/mol. The summed E-state index contributed by atoms with van der Waals surface area (Å²) in [6.07, 6.45) is 11.2. The molecule has 0 saturated carbocycles. The van der Waals surface area contributed by atoms with Crippen LogP contribution in [0.1, 0.15) is 78.4 Å². The van der Waals surface area contributed by atoms with Crippen molar-refractivity contribution in [3.05, 3.63) is 12.4 Å². The number of imidazole rings is 1. The van der Waals surface area contributed by atoms with E-state index < -0.39 is 23.9 Å². The SMILES string of the molecule is C#CC1(COC(=O)C(CCC)CCC)CCC(n2cnc3c(N)nc(F)nc32)O1.CCCC(=O)O. The number of nitrogen functional groups attached to an aromatic ring is 1. The van der Waals surface area contributed by atoms with Crippen LogP contribution in [0.2, 0.25) is 0 Å². The highest BCUT2D eigenvalue weighted by Crippen LogP contribution is 2.38. The second-order valence-corrected chi connectivity index (χ2v) is 8.48. The summed E-state index contributed by atoms with van der Waals surface area (Å²) in [4.78, 5) is 33.5. The van der Waals surface area contributed by atoms with Gasteiger partial charge in [-0.25, -0.2) is 4.98 Å². The number of fused-ring (bicyclic) bond motifs is 1. The summed E-state index contributed by atoms with van der Waals surface area (Å²) in [6, 6.07) is 0. The number of aliphatic carboxylic acids is 1. The van der Waals surface area contributed by atoms with E-state index >= 15 is 0 Å². The molecule has 3 rings (SSSR count). The molecule has 0 bridgehead atoms. The van der Waals surface area contributed by atoms with E-state index in [2.05, 4.69) is 20.9 Å². The molecule has 192 valence electrons. The van der Waals surface area contributed by atoms with Gasteiger partial charge in [-0.3, -0.25) is 14.2 Å². The molecule has 10 nitrogen and oxygen atoms in total. The van der Waals surface area contributed by atoms with E-state index in [9.17, 15) is 14.0 Å². The molecule has 2 atom stereocenters. The van der Waals surface area contributed by atoms with Crippen LogP contribution >= 0.6 is 0 Å². The van der Waals surface area contributed by atoms with Gasteiger partial charge in [0, 0.05) is 6.42 Å². The lowest BCUT2D eigenvalue weighted by molar-refractivity contribution is -0.157. The normalized spacial score (nSPS) is 19.3. The van der Waals surface area contributed by atoms with Crippen molar-refractivity contribution in [3.8, 4) is 12.3 Å². The predicted molar refractivity (Wildman–Crippen MR) is 127 cm³/mol. The summed E-state index contributed by atoms with van der Waals surface area (Å²) in [5, 5.41) is 7.91. The number of carbonyl (C=O) groups is 2. The number of rotatable bonds is 10. The van der Waals surface area contributed by atoms with Gasteiger partial charge in [-0.15, -0.1) is 6.42 Å². The molecule has 1 saturated heterocycles. The molecule has 0 amide bonds. The number of nitrogens with zero attached hydrogens (tertiary/aromatic N) is 4. The highest BCUT2D eigenvalue weighted by molar-refractivity contribution is 5.81. The highest BCUT2D eigenvalue weighted by atomic mass is 19.1. The summed E-state index contributed by atoms with van der Waals surface area (Å²) in [7, 11) is 0. The Balaban J connectivity index is 0.000000641. The minimum absolute atomic E-state index is 0.0269. The first kappa shape index (κ1) is 28.0. The number of halogens is 1. The van der Waals surface area contributed by atoms with Crippen molar-refractivity contribution >= 4 is 28.9 Å². The van der Waals surface area contributed by atoms with Gasteiger partial charge in [-0.2, -0.15) is 14.4 Å². The molecular weight excluding hydrogens is 457 g/mol. The van der Waals surface area contributed by atoms with Crippen molar-refractivity contribution in [1.82, 2.24) is 19.5 Å². The number of hydrogen-bond donors (Lipinski definition) is 2. The number of aromatic nitrogens is 4. The molecule has 1 aliphatic heterocycles. The molecule has 0 radical (unpaired) electrons. The van der Waals surface area contributed by atoms with Gasteiger partial charge >= 0.3 is 18.0 Å². The first-order chi connectivity index (χ1) is 16.7. The minimum Gasteiger partial charge on any atom is -0.481 e. The maximum absolute atomic E-state index is 13.6. The van der Waals surface area contributed by atoms with Crippen molar-refractivity contribution in [2.24, 2.45) is 5.92 Å². The quantitative estimate of drug-likeness (QED) is 0.288. The maximum Gasteiger partial charge on any atom is 0.312 e. The number of carbonyl (C=O) groups excluding carboxylic acids is 1. The number of anilines is 1. The lowest BCUT2D eigenvalue weighted by Crippen LogP contribution is -2.35. The molecule has 1 aliphatic rings. The van der Waals surface area contributed by atoms with Gasteiger partial charge in [0.05, 0.1) is 12.2 Å². The summed E-state index contributed by atoms with van der Waals surface area (Å²) >= 11 is 0. The number of ether oxygens (including phenoxy) is 2. The van der Waals surface area contributed by atoms with Gasteiger partial charge in [-0.1, -0.05) is 39.5 Å². The molecule has 3 N–H and O–H groups in total. The zero-order valence-corrected chi connectivity index (χ0v) is 20.5. The molecule has 0 spiro atoms. The fourth-order valence-electron chi connectivity index (χ4n) is 3.90. The van der Waals surface area contributed by atoms with Gasteiger partial charge < -0.3 is 20.3 Å². The fraction of sp³-hybridized carbons (Fsp3) is 0.625. The van der Waals surface area contributed by atoms with Crippen LogP contribution in [0.5, 0.6) is 0 Å². The van der Waals surface area contributed by atoms with Crippen LogP contribution in [0.25, 0.3) is 11.2 Å². The number of esters is 1. The van der Waals surface area contributed by atoms with E-state index in [1.165, 1.54) is 6.33 Å². The zero-order chi connectivity index (χ0) is 26.0. The molecule has 2 aromatic heterocycles. The Bertz CT molecular complexity index is 1050. The van der Waals surface area contributed by atoms with Gasteiger partial charge in [0.15, 0.2) is 22.6 Å². The monoisotopic (exact) mass is 491 g/mol. The van der Waals surface area contributed by atoms with E-state index in [1.807, 2.05) is 20.8 Å². The van der Waals surface area contributed by atoms with E-state index in [4.69, 9.17) is 26.7 Å². The Morgan fingerprint density at radius 3 is 2.57 bits per heavy atom. The Hall–Kier alpha value is -3.26. The van der Waals surface area contributed by atoms with Crippen molar-refractivity contribution < 1.29 is 28.6 Å². The molecule has 3 heterocycles. The first-order valence-corrected chi connectivity index (χ1v) is 11.9. The lowest BCUT2D eigenvalue weighted by Gasteiger charge is -2.25. The fourth-order valence-corrected chi connectivity index (χ4v) is 3.90. The van der Waals surface area contributed by atoms with E-state index in [1.54, 1.807) is 4.57 Å². The van der Waals surface area contributed by atoms with E-state index in [0.29, 0.717) is 24.8 Å². The Labute approximate surface area is 204 Å².